The Morgan fingerprint density at radius 2 is 1.85 bits per heavy atom. The molecular weight excluding hydrogens is 256 g/mol. The molecule has 0 aliphatic carbocycles. The van der Waals surface area contributed by atoms with Crippen LogP contribution in [0.3, 0.4) is 0 Å². The van der Waals surface area contributed by atoms with Gasteiger partial charge >= 0.3 is 5.97 Å². The van der Waals surface area contributed by atoms with Gasteiger partial charge in [-0.05, 0) is 18.1 Å². The van der Waals surface area contributed by atoms with Crippen molar-refractivity contribution in [3.63, 3.8) is 0 Å². The number of para-hydroxylation sites is 1. The van der Waals surface area contributed by atoms with E-state index in [0.717, 1.165) is 5.69 Å². The van der Waals surface area contributed by atoms with Crippen molar-refractivity contribution in [2.45, 2.75) is 26.3 Å². The van der Waals surface area contributed by atoms with Crippen LogP contribution in [-0.2, 0) is 14.3 Å². The second-order valence-electron chi connectivity index (χ2n) is 4.86. The Kier molecular flexibility index (Phi) is 6.73. The molecule has 1 unspecified atom stereocenters. The first-order valence-corrected chi connectivity index (χ1v) is 6.70. The molecule has 0 saturated carbocycles. The lowest BCUT2D eigenvalue weighted by atomic mass is 10.0. The van der Waals surface area contributed by atoms with Gasteiger partial charge < -0.3 is 15.4 Å². The molecule has 2 N–H and O–H groups in total. The Labute approximate surface area is 119 Å². The predicted molar refractivity (Wildman–Crippen MR) is 78.3 cm³/mol. The van der Waals surface area contributed by atoms with Gasteiger partial charge in [0, 0.05) is 18.7 Å². The van der Waals surface area contributed by atoms with Crippen molar-refractivity contribution in [3.8, 4) is 0 Å². The summed E-state index contributed by atoms with van der Waals surface area (Å²) >= 11 is 0. The molecule has 5 heteroatoms. The molecule has 0 radical (unpaired) electrons. The van der Waals surface area contributed by atoms with E-state index in [2.05, 4.69) is 10.6 Å². The Balaban J connectivity index is 2.35. The van der Waals surface area contributed by atoms with Gasteiger partial charge in [-0.25, -0.2) is 0 Å². The van der Waals surface area contributed by atoms with E-state index in [9.17, 15) is 9.59 Å². The number of ether oxygens (including phenoxy) is 1. The third-order valence-electron chi connectivity index (χ3n) is 2.90. The van der Waals surface area contributed by atoms with Crippen LogP contribution in [0.2, 0.25) is 0 Å². The molecule has 1 amide bonds. The summed E-state index contributed by atoms with van der Waals surface area (Å²) in [6.07, 6.45) is 0.301. The summed E-state index contributed by atoms with van der Waals surface area (Å²) in [6.45, 7) is 4.29. The molecule has 0 bridgehead atoms. The number of rotatable bonds is 7. The standard InChI is InChI=1S/C15H22N2O3/c1-11(2)14(15(19)20-3)16-10-9-13(18)17-12-7-5-4-6-8-12/h4-8,11,14,16H,9-10H2,1-3H3,(H,17,18). The van der Waals surface area contributed by atoms with Crippen molar-refractivity contribution in [3.05, 3.63) is 30.3 Å². The monoisotopic (exact) mass is 278 g/mol. The fourth-order valence-corrected chi connectivity index (χ4v) is 1.80. The number of nitrogens with one attached hydrogen (secondary N) is 2. The Morgan fingerprint density at radius 3 is 2.40 bits per heavy atom. The summed E-state index contributed by atoms with van der Waals surface area (Å²) in [6, 6.07) is 8.89. The van der Waals surface area contributed by atoms with E-state index in [1.807, 2.05) is 44.2 Å². The summed E-state index contributed by atoms with van der Waals surface area (Å²) in [5.74, 6) is -0.279. The molecule has 0 fully saturated rings. The molecule has 20 heavy (non-hydrogen) atoms. The van der Waals surface area contributed by atoms with Crippen molar-refractivity contribution in [1.29, 1.82) is 0 Å². The van der Waals surface area contributed by atoms with E-state index >= 15 is 0 Å². The maximum absolute atomic E-state index is 11.7. The number of esters is 1. The molecule has 1 aromatic rings. The molecule has 0 heterocycles. The molecule has 1 aromatic carbocycles. The highest BCUT2D eigenvalue weighted by Crippen LogP contribution is 2.06. The van der Waals surface area contributed by atoms with Gasteiger partial charge in [-0.15, -0.1) is 0 Å². The molecule has 1 atom stereocenters. The predicted octanol–water partition coefficient (Wildman–Crippen LogP) is 1.80. The molecular formula is C15H22N2O3. The van der Waals surface area contributed by atoms with E-state index in [1.165, 1.54) is 7.11 Å². The Bertz CT molecular complexity index is 432. The van der Waals surface area contributed by atoms with Gasteiger partial charge in [0.2, 0.25) is 5.91 Å². The average Bonchev–Trinajstić information content (AvgIpc) is 2.43. The van der Waals surface area contributed by atoms with Gasteiger partial charge in [0.25, 0.3) is 0 Å². The number of amides is 1. The maximum atomic E-state index is 11.7. The quantitative estimate of drug-likeness (QED) is 0.746. The SMILES string of the molecule is COC(=O)C(NCCC(=O)Nc1ccccc1)C(C)C. The van der Waals surface area contributed by atoms with Gasteiger partial charge in [-0.1, -0.05) is 32.0 Å². The fourth-order valence-electron chi connectivity index (χ4n) is 1.80. The largest absolute Gasteiger partial charge is 0.468 e. The second-order valence-corrected chi connectivity index (χ2v) is 4.86. The summed E-state index contributed by atoms with van der Waals surface area (Å²) < 4.78 is 4.72. The summed E-state index contributed by atoms with van der Waals surface area (Å²) in [7, 11) is 1.36. The zero-order valence-electron chi connectivity index (χ0n) is 12.2. The van der Waals surface area contributed by atoms with Gasteiger partial charge in [-0.2, -0.15) is 0 Å². The zero-order valence-corrected chi connectivity index (χ0v) is 12.2. The van der Waals surface area contributed by atoms with Crippen molar-refractivity contribution >= 4 is 17.6 Å². The first kappa shape index (κ1) is 16.2. The third kappa shape index (κ3) is 5.40. The Hall–Kier alpha value is -1.88. The minimum atomic E-state index is -0.385. The first-order valence-electron chi connectivity index (χ1n) is 6.70. The lowest BCUT2D eigenvalue weighted by Crippen LogP contribution is -2.42. The molecule has 0 aliphatic heterocycles. The van der Waals surface area contributed by atoms with Gasteiger partial charge in [0.05, 0.1) is 7.11 Å². The highest BCUT2D eigenvalue weighted by molar-refractivity contribution is 5.90. The van der Waals surface area contributed by atoms with Crippen molar-refractivity contribution < 1.29 is 14.3 Å². The smallest absolute Gasteiger partial charge is 0.323 e. The van der Waals surface area contributed by atoms with E-state index in [1.54, 1.807) is 0 Å². The number of methoxy groups -OCH3 is 1. The lowest BCUT2D eigenvalue weighted by molar-refractivity contribution is -0.144. The summed E-state index contributed by atoms with van der Waals surface area (Å²) in [5, 5.41) is 5.84. The Morgan fingerprint density at radius 1 is 1.20 bits per heavy atom. The average molecular weight is 278 g/mol. The van der Waals surface area contributed by atoms with Crippen LogP contribution in [0.1, 0.15) is 20.3 Å². The molecule has 0 saturated heterocycles. The highest BCUT2D eigenvalue weighted by Gasteiger charge is 2.22. The number of anilines is 1. The van der Waals surface area contributed by atoms with Gasteiger partial charge in [-0.3, -0.25) is 9.59 Å². The molecule has 0 spiro atoms. The van der Waals surface area contributed by atoms with E-state index in [4.69, 9.17) is 4.74 Å². The van der Waals surface area contributed by atoms with Crippen molar-refractivity contribution in [1.82, 2.24) is 5.32 Å². The molecule has 1 rings (SSSR count). The number of carbonyl (C=O) groups is 2. The lowest BCUT2D eigenvalue weighted by Gasteiger charge is -2.19. The first-order chi connectivity index (χ1) is 9.54. The fraction of sp³-hybridized carbons (Fsp3) is 0.467. The summed E-state index contributed by atoms with van der Waals surface area (Å²) in [4.78, 5) is 23.3. The topological polar surface area (TPSA) is 67.4 Å². The van der Waals surface area contributed by atoms with E-state index < -0.39 is 0 Å². The van der Waals surface area contributed by atoms with Crippen molar-refractivity contribution in [2.24, 2.45) is 5.92 Å². The minimum Gasteiger partial charge on any atom is -0.468 e. The number of benzene rings is 1. The van der Waals surface area contributed by atoms with Crippen LogP contribution < -0.4 is 10.6 Å². The third-order valence-corrected chi connectivity index (χ3v) is 2.90. The number of hydrogen-bond donors (Lipinski definition) is 2. The molecule has 0 aromatic heterocycles. The second kappa shape index (κ2) is 8.32. The minimum absolute atomic E-state index is 0.0870. The normalized spacial score (nSPS) is 12.0. The molecule has 5 nitrogen and oxygen atoms in total. The maximum Gasteiger partial charge on any atom is 0.323 e. The molecule has 0 aliphatic rings. The van der Waals surface area contributed by atoms with Crippen LogP contribution in [0, 0.1) is 5.92 Å². The van der Waals surface area contributed by atoms with Crippen LogP contribution >= 0.6 is 0 Å². The van der Waals surface area contributed by atoms with Crippen LogP contribution in [0.15, 0.2) is 30.3 Å². The van der Waals surface area contributed by atoms with Gasteiger partial charge in [0.15, 0.2) is 0 Å². The van der Waals surface area contributed by atoms with E-state index in [-0.39, 0.29) is 23.8 Å². The highest BCUT2D eigenvalue weighted by atomic mass is 16.5. The summed E-state index contributed by atoms with van der Waals surface area (Å²) in [5.41, 5.74) is 0.769. The number of carbonyl (C=O) groups excluding carboxylic acids is 2. The number of hydrogen-bond acceptors (Lipinski definition) is 4. The van der Waals surface area contributed by atoms with Crippen LogP contribution in [-0.4, -0.2) is 31.6 Å². The molecule has 110 valence electrons. The van der Waals surface area contributed by atoms with E-state index in [0.29, 0.717) is 13.0 Å². The van der Waals surface area contributed by atoms with Crippen molar-refractivity contribution in [2.75, 3.05) is 19.0 Å². The van der Waals surface area contributed by atoms with Gasteiger partial charge in [0.1, 0.15) is 6.04 Å². The van der Waals surface area contributed by atoms with Crippen LogP contribution in [0.5, 0.6) is 0 Å². The van der Waals surface area contributed by atoms with Crippen LogP contribution in [0.25, 0.3) is 0 Å². The van der Waals surface area contributed by atoms with Crippen LogP contribution in [0.4, 0.5) is 5.69 Å². The zero-order chi connectivity index (χ0) is 15.0.